The largest absolute Gasteiger partial charge is 0.497 e. The Morgan fingerprint density at radius 3 is 2.55 bits per heavy atom. The lowest BCUT2D eigenvalue weighted by Crippen LogP contribution is -2.46. The van der Waals surface area contributed by atoms with E-state index in [4.69, 9.17) is 34.2 Å². The standard InChI is InChI=1S/C35H44N2O7/c1-39-16-5-8-31-33(28-21-42-29-11-10-25(20-26(29)34(28)38)43-23-6-3-4-7-23)35(27-19-24(40-2)9-12-30(27)44-31)41-17-14-22-13-15-37-32(36)18-22/h9-13,15,18-20,23,28,31,33-35,38H,3-8,14,16-17,21H2,1-2H3,(H2,36,37). The van der Waals surface area contributed by atoms with Gasteiger partial charge in [-0.05, 0) is 99.0 Å². The summed E-state index contributed by atoms with van der Waals surface area (Å²) in [6, 6.07) is 15.5. The molecule has 236 valence electrons. The molecular formula is C35H44N2O7. The van der Waals surface area contributed by atoms with Gasteiger partial charge in [-0.15, -0.1) is 0 Å². The molecule has 0 radical (unpaired) electrons. The van der Waals surface area contributed by atoms with Crippen molar-refractivity contribution >= 4 is 5.82 Å². The van der Waals surface area contributed by atoms with E-state index in [9.17, 15) is 5.11 Å². The van der Waals surface area contributed by atoms with Crippen LogP contribution in [0.2, 0.25) is 0 Å². The number of anilines is 1. The lowest BCUT2D eigenvalue weighted by atomic mass is 9.73. The molecule has 3 aromatic rings. The van der Waals surface area contributed by atoms with Gasteiger partial charge in [0.15, 0.2) is 0 Å². The number of pyridine rings is 1. The molecule has 2 aliphatic heterocycles. The first-order valence-corrected chi connectivity index (χ1v) is 15.8. The van der Waals surface area contributed by atoms with Gasteiger partial charge in [-0.2, -0.15) is 0 Å². The predicted molar refractivity (Wildman–Crippen MR) is 166 cm³/mol. The molecule has 1 aromatic heterocycles. The number of nitrogens with zero attached hydrogens (tertiary/aromatic N) is 1. The van der Waals surface area contributed by atoms with Gasteiger partial charge in [0.2, 0.25) is 0 Å². The van der Waals surface area contributed by atoms with Gasteiger partial charge in [-0.3, -0.25) is 0 Å². The Kier molecular flexibility index (Phi) is 9.74. The third kappa shape index (κ3) is 6.75. The number of nitrogen functional groups attached to an aromatic ring is 1. The van der Waals surface area contributed by atoms with Crippen molar-refractivity contribution in [3.8, 4) is 23.0 Å². The van der Waals surface area contributed by atoms with Gasteiger partial charge >= 0.3 is 0 Å². The minimum Gasteiger partial charge on any atom is -0.497 e. The molecule has 3 aliphatic rings. The molecule has 9 heteroatoms. The van der Waals surface area contributed by atoms with E-state index in [0.717, 1.165) is 59.6 Å². The summed E-state index contributed by atoms with van der Waals surface area (Å²) < 4.78 is 37.1. The summed E-state index contributed by atoms with van der Waals surface area (Å²) in [6.07, 6.45) is 7.28. The lowest BCUT2D eigenvalue weighted by Gasteiger charge is -2.46. The highest BCUT2D eigenvalue weighted by atomic mass is 16.5. The molecule has 3 heterocycles. The summed E-state index contributed by atoms with van der Waals surface area (Å²) in [6.45, 7) is 1.41. The number of hydrogen-bond donors (Lipinski definition) is 2. The molecule has 0 saturated heterocycles. The summed E-state index contributed by atoms with van der Waals surface area (Å²) in [5.74, 6) is 2.93. The van der Waals surface area contributed by atoms with Crippen molar-refractivity contribution in [1.29, 1.82) is 0 Å². The van der Waals surface area contributed by atoms with Crippen molar-refractivity contribution < 1.29 is 33.5 Å². The van der Waals surface area contributed by atoms with Crippen LogP contribution in [0, 0.1) is 11.8 Å². The molecule has 44 heavy (non-hydrogen) atoms. The van der Waals surface area contributed by atoms with E-state index in [-0.39, 0.29) is 30.1 Å². The van der Waals surface area contributed by atoms with Crippen molar-refractivity contribution in [2.75, 3.05) is 39.8 Å². The highest BCUT2D eigenvalue weighted by Gasteiger charge is 2.48. The highest BCUT2D eigenvalue weighted by molar-refractivity contribution is 5.46. The lowest BCUT2D eigenvalue weighted by molar-refractivity contribution is -0.112. The van der Waals surface area contributed by atoms with Crippen LogP contribution < -0.4 is 24.7 Å². The minimum absolute atomic E-state index is 0.212. The Morgan fingerprint density at radius 2 is 1.75 bits per heavy atom. The van der Waals surface area contributed by atoms with Crippen LogP contribution in [0.4, 0.5) is 5.82 Å². The van der Waals surface area contributed by atoms with Gasteiger partial charge < -0.3 is 39.3 Å². The number of ether oxygens (including phenoxy) is 6. The van der Waals surface area contributed by atoms with Crippen LogP contribution in [0.25, 0.3) is 0 Å². The van der Waals surface area contributed by atoms with E-state index in [1.165, 1.54) is 12.8 Å². The Labute approximate surface area is 259 Å². The van der Waals surface area contributed by atoms with Crippen LogP contribution in [0.1, 0.15) is 67.4 Å². The molecule has 1 fully saturated rings. The van der Waals surface area contributed by atoms with Crippen molar-refractivity contribution in [1.82, 2.24) is 4.98 Å². The van der Waals surface area contributed by atoms with Crippen molar-refractivity contribution in [3.63, 3.8) is 0 Å². The molecule has 1 saturated carbocycles. The van der Waals surface area contributed by atoms with Gasteiger partial charge in [0.1, 0.15) is 34.9 Å². The summed E-state index contributed by atoms with van der Waals surface area (Å²) in [4.78, 5) is 4.11. The van der Waals surface area contributed by atoms with E-state index in [2.05, 4.69) is 4.98 Å². The van der Waals surface area contributed by atoms with E-state index < -0.39 is 6.10 Å². The zero-order chi connectivity index (χ0) is 30.5. The quantitative estimate of drug-likeness (QED) is 0.246. The first kappa shape index (κ1) is 30.5. The fourth-order valence-corrected chi connectivity index (χ4v) is 6.95. The molecule has 5 unspecified atom stereocenters. The number of benzene rings is 2. The van der Waals surface area contributed by atoms with E-state index in [1.54, 1.807) is 20.4 Å². The van der Waals surface area contributed by atoms with Crippen LogP contribution >= 0.6 is 0 Å². The van der Waals surface area contributed by atoms with Crippen LogP contribution in [0.15, 0.2) is 54.7 Å². The van der Waals surface area contributed by atoms with Gasteiger partial charge in [0, 0.05) is 42.9 Å². The molecule has 2 aromatic carbocycles. The summed E-state index contributed by atoms with van der Waals surface area (Å²) in [5, 5.41) is 12.0. The van der Waals surface area contributed by atoms with Crippen LogP contribution in [-0.4, -0.2) is 56.3 Å². The van der Waals surface area contributed by atoms with E-state index in [0.29, 0.717) is 37.8 Å². The van der Waals surface area contributed by atoms with E-state index >= 15 is 0 Å². The van der Waals surface area contributed by atoms with Crippen molar-refractivity contribution in [2.45, 2.75) is 69.4 Å². The maximum atomic E-state index is 12.0. The second-order valence-electron chi connectivity index (χ2n) is 12.0. The fourth-order valence-electron chi connectivity index (χ4n) is 6.95. The molecular weight excluding hydrogens is 560 g/mol. The number of nitrogens with two attached hydrogens (primary N) is 1. The highest BCUT2D eigenvalue weighted by Crippen LogP contribution is 2.51. The molecule has 3 N–H and O–H groups in total. The summed E-state index contributed by atoms with van der Waals surface area (Å²) in [5.41, 5.74) is 8.63. The number of aromatic nitrogens is 1. The zero-order valence-corrected chi connectivity index (χ0v) is 25.7. The smallest absolute Gasteiger partial charge is 0.125 e. The number of methoxy groups -OCH3 is 2. The summed E-state index contributed by atoms with van der Waals surface area (Å²) >= 11 is 0. The molecule has 6 rings (SSSR count). The Hall–Kier alpha value is -3.53. The van der Waals surface area contributed by atoms with Crippen molar-refractivity contribution in [3.05, 3.63) is 71.4 Å². The molecule has 0 amide bonds. The Bertz CT molecular complexity index is 1400. The molecule has 9 nitrogen and oxygen atoms in total. The number of aliphatic hydroxyl groups excluding tert-OH is 1. The monoisotopic (exact) mass is 604 g/mol. The second kappa shape index (κ2) is 14.1. The Morgan fingerprint density at radius 1 is 0.955 bits per heavy atom. The van der Waals surface area contributed by atoms with Gasteiger partial charge in [-0.1, -0.05) is 0 Å². The van der Waals surface area contributed by atoms with Crippen LogP contribution in [0.3, 0.4) is 0 Å². The Balaban J connectivity index is 1.32. The molecule has 5 atom stereocenters. The van der Waals surface area contributed by atoms with Gasteiger partial charge in [0.25, 0.3) is 0 Å². The van der Waals surface area contributed by atoms with Crippen LogP contribution in [0.5, 0.6) is 23.0 Å². The van der Waals surface area contributed by atoms with Crippen molar-refractivity contribution in [2.24, 2.45) is 11.8 Å². The van der Waals surface area contributed by atoms with Gasteiger partial charge in [0.05, 0.1) is 38.6 Å². The topological polar surface area (TPSA) is 115 Å². The second-order valence-corrected chi connectivity index (χ2v) is 12.0. The maximum Gasteiger partial charge on any atom is 0.125 e. The SMILES string of the molecule is COCCCC1Oc2ccc(OC)cc2C(OCCc2ccnc(N)c2)C1C1COc2ccc(OC3CCCC3)cc2C1O. The van der Waals surface area contributed by atoms with E-state index in [1.807, 2.05) is 48.5 Å². The first-order valence-electron chi connectivity index (χ1n) is 15.8. The average Bonchev–Trinajstić information content (AvgIpc) is 3.55. The zero-order valence-electron chi connectivity index (χ0n) is 25.7. The third-order valence-electron chi connectivity index (χ3n) is 9.19. The fraction of sp³-hybridized carbons (Fsp3) is 0.514. The van der Waals surface area contributed by atoms with Crippen LogP contribution in [-0.2, 0) is 15.9 Å². The number of hydrogen-bond acceptors (Lipinski definition) is 9. The molecule has 1 aliphatic carbocycles. The average molecular weight is 605 g/mol. The maximum absolute atomic E-state index is 12.0. The summed E-state index contributed by atoms with van der Waals surface area (Å²) in [7, 11) is 3.36. The first-order chi connectivity index (χ1) is 21.5. The normalized spacial score (nSPS) is 24.6. The minimum atomic E-state index is -0.789. The number of aliphatic hydroxyl groups is 1. The number of fused-ring (bicyclic) bond motifs is 2. The molecule has 0 bridgehead atoms. The third-order valence-corrected chi connectivity index (χ3v) is 9.19. The predicted octanol–water partition coefficient (Wildman–Crippen LogP) is 5.84. The van der Waals surface area contributed by atoms with Gasteiger partial charge in [-0.25, -0.2) is 4.98 Å². The molecule has 0 spiro atoms. The number of rotatable bonds is 12.